The van der Waals surface area contributed by atoms with Gasteiger partial charge in [0.15, 0.2) is 6.10 Å². The molecule has 1 unspecified atom stereocenters. The Morgan fingerprint density at radius 1 is 1.68 bits per heavy atom. The molecule has 1 aromatic rings. The van der Waals surface area contributed by atoms with Gasteiger partial charge < -0.3 is 9.47 Å². The number of morpholine rings is 1. The molecule has 104 valence electrons. The Morgan fingerprint density at radius 3 is 3.16 bits per heavy atom. The Bertz CT molecular complexity index is 452. The number of nitrogens with zero attached hydrogens (tertiary/aromatic N) is 2. The highest BCUT2D eigenvalue weighted by atomic mass is 79.9. The van der Waals surface area contributed by atoms with Crippen LogP contribution < -0.4 is 0 Å². The molecular formula is C12H14BrFN2O3. The molecule has 0 aromatic carbocycles. The molecule has 0 N–H and O–H groups in total. The van der Waals surface area contributed by atoms with E-state index in [4.69, 9.17) is 4.74 Å². The number of hydrogen-bond acceptors (Lipinski definition) is 5. The van der Waals surface area contributed by atoms with Crippen molar-refractivity contribution in [3.05, 3.63) is 28.2 Å². The van der Waals surface area contributed by atoms with Gasteiger partial charge in [-0.2, -0.15) is 0 Å². The smallest absolute Gasteiger partial charge is 0.336 e. The normalized spacial score (nSPS) is 20.3. The van der Waals surface area contributed by atoms with Gasteiger partial charge in [0.2, 0.25) is 0 Å². The van der Waals surface area contributed by atoms with Gasteiger partial charge in [-0.05, 0) is 15.9 Å². The van der Waals surface area contributed by atoms with Crippen molar-refractivity contribution in [1.82, 2.24) is 9.88 Å². The van der Waals surface area contributed by atoms with Crippen molar-refractivity contribution < 1.29 is 18.7 Å². The van der Waals surface area contributed by atoms with Gasteiger partial charge in [0.05, 0.1) is 19.9 Å². The topological polar surface area (TPSA) is 51.7 Å². The van der Waals surface area contributed by atoms with E-state index in [1.54, 1.807) is 6.20 Å². The summed E-state index contributed by atoms with van der Waals surface area (Å²) in [5.74, 6) is -0.769. The van der Waals surface area contributed by atoms with Crippen LogP contribution in [0.15, 0.2) is 16.9 Å². The zero-order chi connectivity index (χ0) is 13.8. The van der Waals surface area contributed by atoms with Gasteiger partial charge in [-0.15, -0.1) is 0 Å². The van der Waals surface area contributed by atoms with Crippen LogP contribution in [0.3, 0.4) is 0 Å². The molecule has 1 aromatic heterocycles. The molecule has 1 atom stereocenters. The fourth-order valence-electron chi connectivity index (χ4n) is 1.93. The van der Waals surface area contributed by atoms with Crippen molar-refractivity contribution in [2.24, 2.45) is 0 Å². The Kier molecular flexibility index (Phi) is 4.84. The number of pyridine rings is 1. The van der Waals surface area contributed by atoms with Gasteiger partial charge in [0, 0.05) is 35.9 Å². The average Bonchev–Trinajstić information content (AvgIpc) is 2.42. The highest BCUT2D eigenvalue weighted by Gasteiger charge is 2.28. The largest absolute Gasteiger partial charge is 0.467 e. The number of rotatable bonds is 3. The molecule has 0 spiro atoms. The number of halogens is 2. The first-order valence-corrected chi connectivity index (χ1v) is 6.60. The van der Waals surface area contributed by atoms with E-state index in [-0.39, 0.29) is 5.82 Å². The van der Waals surface area contributed by atoms with Crippen molar-refractivity contribution in [3.63, 3.8) is 0 Å². The highest BCUT2D eigenvalue weighted by molar-refractivity contribution is 9.10. The number of carbonyl (C=O) groups is 1. The van der Waals surface area contributed by atoms with Crippen molar-refractivity contribution in [2.75, 3.05) is 26.8 Å². The summed E-state index contributed by atoms with van der Waals surface area (Å²) in [6, 6.07) is 0. The van der Waals surface area contributed by atoms with Crippen molar-refractivity contribution in [2.45, 2.75) is 12.6 Å². The molecule has 7 heteroatoms. The number of aromatic nitrogens is 1. The first-order valence-electron chi connectivity index (χ1n) is 5.81. The molecule has 1 aliphatic rings. The quantitative estimate of drug-likeness (QED) is 0.782. The van der Waals surface area contributed by atoms with Crippen molar-refractivity contribution in [1.29, 1.82) is 0 Å². The molecule has 2 rings (SSSR count). The number of methoxy groups -OCH3 is 1. The second-order valence-corrected chi connectivity index (χ2v) is 5.05. The minimum absolute atomic E-state index is 0.365. The Morgan fingerprint density at radius 2 is 2.47 bits per heavy atom. The molecule has 19 heavy (non-hydrogen) atoms. The number of ether oxygens (including phenoxy) is 2. The van der Waals surface area contributed by atoms with Crippen molar-refractivity contribution >= 4 is 21.9 Å². The molecule has 0 saturated carbocycles. The SMILES string of the molecule is COC(=O)C1CN(Cc2c(F)cncc2Br)CCO1. The van der Waals surface area contributed by atoms with E-state index in [1.807, 2.05) is 4.90 Å². The third kappa shape index (κ3) is 3.49. The second kappa shape index (κ2) is 6.40. The zero-order valence-corrected chi connectivity index (χ0v) is 12.0. The van der Waals surface area contributed by atoms with Crippen LogP contribution in [0.5, 0.6) is 0 Å². The molecule has 2 heterocycles. The van der Waals surface area contributed by atoms with Gasteiger partial charge in [-0.3, -0.25) is 9.88 Å². The standard InChI is InChI=1S/C12H14BrFN2O3/c1-18-12(17)11-7-16(2-3-19-11)6-8-9(13)4-15-5-10(8)14/h4-5,11H,2-3,6-7H2,1H3. The minimum atomic E-state index is -0.609. The van der Waals surface area contributed by atoms with Crippen LogP contribution in [-0.4, -0.2) is 48.8 Å². The van der Waals surface area contributed by atoms with E-state index >= 15 is 0 Å². The van der Waals surface area contributed by atoms with Crippen LogP contribution in [0, 0.1) is 5.82 Å². The summed E-state index contributed by atoms with van der Waals surface area (Å²) in [6.07, 6.45) is 2.12. The highest BCUT2D eigenvalue weighted by Crippen LogP contribution is 2.21. The summed E-state index contributed by atoms with van der Waals surface area (Å²) in [5, 5.41) is 0. The third-order valence-corrected chi connectivity index (χ3v) is 3.63. The Balaban J connectivity index is 2.05. The number of carbonyl (C=O) groups excluding carboxylic acids is 1. The lowest BCUT2D eigenvalue weighted by molar-refractivity contribution is -0.160. The van der Waals surface area contributed by atoms with Gasteiger partial charge >= 0.3 is 5.97 Å². The molecular weight excluding hydrogens is 319 g/mol. The van der Waals surface area contributed by atoms with Gasteiger partial charge in [-0.1, -0.05) is 0 Å². The van der Waals surface area contributed by atoms with E-state index in [1.165, 1.54) is 13.3 Å². The minimum Gasteiger partial charge on any atom is -0.467 e. The Labute approximate surface area is 118 Å². The lowest BCUT2D eigenvalue weighted by Crippen LogP contribution is -2.46. The Hall–Kier alpha value is -1.05. The maximum absolute atomic E-state index is 13.7. The summed E-state index contributed by atoms with van der Waals surface area (Å²) in [6.45, 7) is 1.85. The van der Waals surface area contributed by atoms with Crippen molar-refractivity contribution in [3.8, 4) is 0 Å². The van der Waals surface area contributed by atoms with E-state index in [0.717, 1.165) is 0 Å². The first kappa shape index (κ1) is 14.4. The maximum Gasteiger partial charge on any atom is 0.336 e. The van der Waals surface area contributed by atoms with Gasteiger partial charge in [0.1, 0.15) is 5.82 Å². The zero-order valence-electron chi connectivity index (χ0n) is 10.4. The predicted molar refractivity (Wildman–Crippen MR) is 68.9 cm³/mol. The summed E-state index contributed by atoms with van der Waals surface area (Å²) in [4.78, 5) is 17.1. The molecule has 0 amide bonds. The maximum atomic E-state index is 13.7. The van der Waals surface area contributed by atoms with E-state index in [2.05, 4.69) is 25.7 Å². The van der Waals surface area contributed by atoms with Gasteiger partial charge in [0.25, 0.3) is 0 Å². The molecule has 0 aliphatic carbocycles. The third-order valence-electron chi connectivity index (χ3n) is 2.95. The van der Waals surface area contributed by atoms with Crippen LogP contribution in [0.2, 0.25) is 0 Å². The summed E-state index contributed by atoms with van der Waals surface area (Å²) < 4.78 is 24.3. The molecule has 0 bridgehead atoms. The molecule has 1 saturated heterocycles. The monoisotopic (exact) mass is 332 g/mol. The van der Waals surface area contributed by atoms with Crippen LogP contribution in [0.1, 0.15) is 5.56 Å². The molecule has 1 fully saturated rings. The van der Waals surface area contributed by atoms with E-state index in [9.17, 15) is 9.18 Å². The summed E-state index contributed by atoms with van der Waals surface area (Å²) in [5.41, 5.74) is 0.528. The predicted octanol–water partition coefficient (Wildman–Crippen LogP) is 1.36. The lowest BCUT2D eigenvalue weighted by atomic mass is 10.2. The fourth-order valence-corrected chi connectivity index (χ4v) is 2.37. The fraction of sp³-hybridized carbons (Fsp3) is 0.500. The van der Waals surface area contributed by atoms with E-state index in [0.29, 0.717) is 36.3 Å². The average molecular weight is 333 g/mol. The molecule has 0 radical (unpaired) electrons. The van der Waals surface area contributed by atoms with Crippen LogP contribution in [0.25, 0.3) is 0 Å². The summed E-state index contributed by atoms with van der Waals surface area (Å²) >= 11 is 3.28. The van der Waals surface area contributed by atoms with Crippen LogP contribution in [0.4, 0.5) is 4.39 Å². The van der Waals surface area contributed by atoms with Crippen LogP contribution >= 0.6 is 15.9 Å². The number of hydrogen-bond donors (Lipinski definition) is 0. The number of esters is 1. The first-order chi connectivity index (χ1) is 9.11. The molecule has 1 aliphatic heterocycles. The molecule has 5 nitrogen and oxygen atoms in total. The van der Waals surface area contributed by atoms with Gasteiger partial charge in [-0.25, -0.2) is 9.18 Å². The second-order valence-electron chi connectivity index (χ2n) is 4.20. The van der Waals surface area contributed by atoms with E-state index < -0.39 is 12.1 Å². The summed E-state index contributed by atoms with van der Waals surface area (Å²) in [7, 11) is 1.32. The lowest BCUT2D eigenvalue weighted by Gasteiger charge is -2.31. The van der Waals surface area contributed by atoms with Crippen LogP contribution in [-0.2, 0) is 20.8 Å².